The van der Waals surface area contributed by atoms with Crippen molar-refractivity contribution in [2.75, 3.05) is 10.6 Å². The van der Waals surface area contributed by atoms with Gasteiger partial charge in [0.2, 0.25) is 0 Å². The summed E-state index contributed by atoms with van der Waals surface area (Å²) in [5.74, 6) is -0.464. The number of nitrogens with one attached hydrogen (secondary N) is 2. The van der Waals surface area contributed by atoms with E-state index in [9.17, 15) is 14.0 Å². The Balaban J connectivity index is 1.99. The van der Waals surface area contributed by atoms with E-state index in [1.807, 2.05) is 0 Å². The van der Waals surface area contributed by atoms with Crippen molar-refractivity contribution < 1.29 is 14.0 Å². The lowest BCUT2D eigenvalue weighted by Gasteiger charge is -2.08. The maximum absolute atomic E-state index is 13.0. The Hall–Kier alpha value is -2.69. The number of anilines is 2. The summed E-state index contributed by atoms with van der Waals surface area (Å²) in [6.07, 6.45) is 0. The summed E-state index contributed by atoms with van der Waals surface area (Å²) >= 11 is 0. The molecule has 2 aromatic carbocycles. The number of carbonyl (C=O) groups excluding carboxylic acids is 2. The molecule has 102 valence electrons. The molecular weight excluding hydrogens is 259 g/mol. The number of hydrogen-bond donors (Lipinski definition) is 2. The summed E-state index contributed by atoms with van der Waals surface area (Å²) in [6.45, 7) is 1.47. The van der Waals surface area contributed by atoms with Gasteiger partial charge in [0, 0.05) is 16.9 Å². The van der Waals surface area contributed by atoms with Gasteiger partial charge in [-0.25, -0.2) is 9.18 Å². The minimum atomic E-state index is -0.480. The summed E-state index contributed by atoms with van der Waals surface area (Å²) in [5.41, 5.74) is 1.48. The lowest BCUT2D eigenvalue weighted by atomic mass is 10.1. The van der Waals surface area contributed by atoms with Crippen molar-refractivity contribution in [2.45, 2.75) is 6.92 Å². The molecule has 0 atom stereocenters. The van der Waals surface area contributed by atoms with Gasteiger partial charge in [-0.2, -0.15) is 0 Å². The molecule has 0 unspecified atom stereocenters. The number of halogens is 1. The van der Waals surface area contributed by atoms with Crippen LogP contribution in [0.25, 0.3) is 0 Å². The molecule has 0 aliphatic carbocycles. The Morgan fingerprint density at radius 2 is 1.60 bits per heavy atom. The summed E-state index contributed by atoms with van der Waals surface area (Å²) in [7, 11) is 0. The van der Waals surface area contributed by atoms with Crippen LogP contribution >= 0.6 is 0 Å². The third-order valence-electron chi connectivity index (χ3n) is 2.63. The standard InChI is InChI=1S/C15H13FN2O2/c1-10(19)11-5-7-13(8-6-11)17-15(20)18-14-4-2-3-12(16)9-14/h2-9H,1H3,(H2,17,18,20). The third-order valence-corrected chi connectivity index (χ3v) is 2.63. The van der Waals surface area contributed by atoms with Crippen molar-refractivity contribution in [2.24, 2.45) is 0 Å². The number of urea groups is 1. The number of carbonyl (C=O) groups is 2. The Morgan fingerprint density at radius 1 is 0.950 bits per heavy atom. The van der Waals surface area contributed by atoms with Crippen molar-refractivity contribution in [1.82, 2.24) is 0 Å². The predicted molar refractivity (Wildman–Crippen MR) is 75.5 cm³/mol. The SMILES string of the molecule is CC(=O)c1ccc(NC(=O)Nc2cccc(F)c2)cc1. The summed E-state index contributed by atoms with van der Waals surface area (Å²) in [4.78, 5) is 22.8. The molecule has 0 saturated carbocycles. The quantitative estimate of drug-likeness (QED) is 0.837. The van der Waals surface area contributed by atoms with Crippen LogP contribution in [-0.4, -0.2) is 11.8 Å². The first-order valence-electron chi connectivity index (χ1n) is 5.99. The fourth-order valence-corrected chi connectivity index (χ4v) is 1.65. The molecule has 0 aliphatic rings. The first-order chi connectivity index (χ1) is 9.54. The molecule has 0 radical (unpaired) electrons. The van der Waals surface area contributed by atoms with Gasteiger partial charge in [0.1, 0.15) is 5.82 Å². The van der Waals surface area contributed by atoms with Gasteiger partial charge in [0.05, 0.1) is 0 Å². The number of Topliss-reactive ketones (excluding diaryl/α,β-unsaturated/α-hetero) is 1. The minimum absolute atomic E-state index is 0.0410. The van der Waals surface area contributed by atoms with Crippen molar-refractivity contribution in [3.05, 3.63) is 59.9 Å². The van der Waals surface area contributed by atoms with E-state index in [1.54, 1.807) is 30.3 Å². The highest BCUT2D eigenvalue weighted by atomic mass is 19.1. The van der Waals surface area contributed by atoms with E-state index >= 15 is 0 Å². The maximum Gasteiger partial charge on any atom is 0.323 e. The highest BCUT2D eigenvalue weighted by Gasteiger charge is 2.04. The van der Waals surface area contributed by atoms with Gasteiger partial charge in [-0.15, -0.1) is 0 Å². The van der Waals surface area contributed by atoms with Crippen molar-refractivity contribution in [3.63, 3.8) is 0 Å². The highest BCUT2D eigenvalue weighted by molar-refractivity contribution is 6.00. The Kier molecular flexibility index (Phi) is 4.10. The molecule has 0 fully saturated rings. The average molecular weight is 272 g/mol. The second kappa shape index (κ2) is 5.97. The van der Waals surface area contributed by atoms with Crippen LogP contribution in [0.3, 0.4) is 0 Å². The molecule has 2 rings (SSSR count). The minimum Gasteiger partial charge on any atom is -0.308 e. The number of amides is 2. The van der Waals surface area contributed by atoms with Gasteiger partial charge in [-0.3, -0.25) is 4.79 Å². The Labute approximate surface area is 115 Å². The predicted octanol–water partition coefficient (Wildman–Crippen LogP) is 3.67. The van der Waals surface area contributed by atoms with Crippen LogP contribution in [0.5, 0.6) is 0 Å². The molecule has 0 aromatic heterocycles. The fourth-order valence-electron chi connectivity index (χ4n) is 1.65. The van der Waals surface area contributed by atoms with Crippen molar-refractivity contribution >= 4 is 23.2 Å². The van der Waals surface area contributed by atoms with E-state index in [4.69, 9.17) is 0 Å². The molecule has 0 bridgehead atoms. The van der Waals surface area contributed by atoms with E-state index in [-0.39, 0.29) is 5.78 Å². The van der Waals surface area contributed by atoms with Crippen LogP contribution in [0.2, 0.25) is 0 Å². The lowest BCUT2D eigenvalue weighted by molar-refractivity contribution is 0.101. The van der Waals surface area contributed by atoms with Crippen LogP contribution in [-0.2, 0) is 0 Å². The molecule has 20 heavy (non-hydrogen) atoms. The fraction of sp³-hybridized carbons (Fsp3) is 0.0667. The van der Waals surface area contributed by atoms with Crippen LogP contribution in [0.15, 0.2) is 48.5 Å². The van der Waals surface area contributed by atoms with Crippen LogP contribution in [0.1, 0.15) is 17.3 Å². The van der Waals surface area contributed by atoms with E-state index in [0.29, 0.717) is 16.9 Å². The molecule has 2 N–H and O–H groups in total. The first kappa shape index (κ1) is 13.7. The normalized spacial score (nSPS) is 9.90. The van der Waals surface area contributed by atoms with Gasteiger partial charge < -0.3 is 10.6 Å². The lowest BCUT2D eigenvalue weighted by Crippen LogP contribution is -2.19. The van der Waals surface area contributed by atoms with E-state index < -0.39 is 11.8 Å². The van der Waals surface area contributed by atoms with E-state index in [2.05, 4.69) is 10.6 Å². The molecule has 4 nitrogen and oxygen atoms in total. The second-order valence-corrected chi connectivity index (χ2v) is 4.22. The van der Waals surface area contributed by atoms with Gasteiger partial charge in [0.15, 0.2) is 5.78 Å². The number of hydrogen-bond acceptors (Lipinski definition) is 2. The van der Waals surface area contributed by atoms with Crippen LogP contribution in [0, 0.1) is 5.82 Å². The molecule has 0 aliphatic heterocycles. The van der Waals surface area contributed by atoms with Crippen LogP contribution < -0.4 is 10.6 Å². The van der Waals surface area contributed by atoms with Crippen LogP contribution in [0.4, 0.5) is 20.6 Å². The average Bonchev–Trinajstić information content (AvgIpc) is 2.39. The number of ketones is 1. The Bertz CT molecular complexity index is 639. The molecule has 0 heterocycles. The summed E-state index contributed by atoms with van der Waals surface area (Å²) in [6, 6.07) is 11.6. The second-order valence-electron chi connectivity index (χ2n) is 4.22. The monoisotopic (exact) mass is 272 g/mol. The maximum atomic E-state index is 13.0. The molecule has 2 aromatic rings. The topological polar surface area (TPSA) is 58.2 Å². The van der Waals surface area contributed by atoms with Gasteiger partial charge >= 0.3 is 6.03 Å². The molecule has 5 heteroatoms. The van der Waals surface area contributed by atoms with Gasteiger partial charge in [0.25, 0.3) is 0 Å². The van der Waals surface area contributed by atoms with E-state index in [1.165, 1.54) is 25.1 Å². The zero-order valence-electron chi connectivity index (χ0n) is 10.8. The largest absolute Gasteiger partial charge is 0.323 e. The molecule has 0 spiro atoms. The number of rotatable bonds is 3. The van der Waals surface area contributed by atoms with E-state index in [0.717, 1.165) is 0 Å². The van der Waals surface area contributed by atoms with Crippen molar-refractivity contribution in [3.8, 4) is 0 Å². The highest BCUT2D eigenvalue weighted by Crippen LogP contribution is 2.12. The van der Waals surface area contributed by atoms with Crippen molar-refractivity contribution in [1.29, 1.82) is 0 Å². The first-order valence-corrected chi connectivity index (χ1v) is 5.99. The van der Waals surface area contributed by atoms with Gasteiger partial charge in [-0.05, 0) is 49.4 Å². The number of benzene rings is 2. The molecule has 0 saturated heterocycles. The smallest absolute Gasteiger partial charge is 0.308 e. The summed E-state index contributed by atoms with van der Waals surface area (Å²) in [5, 5.41) is 5.10. The van der Waals surface area contributed by atoms with Gasteiger partial charge in [-0.1, -0.05) is 6.07 Å². The summed E-state index contributed by atoms with van der Waals surface area (Å²) < 4.78 is 13.0. The Morgan fingerprint density at radius 3 is 2.20 bits per heavy atom. The third kappa shape index (κ3) is 3.65. The molecular formula is C15H13FN2O2. The zero-order valence-corrected chi connectivity index (χ0v) is 10.8. The molecule has 2 amide bonds. The zero-order chi connectivity index (χ0) is 14.5.